The van der Waals surface area contributed by atoms with Crippen molar-refractivity contribution in [3.05, 3.63) is 0 Å². The SMILES string of the molecule is COC(C)[C@H](NC(=O)N1CC(C)CC1=O)C(=O)N1CCC[C@H]1C(N)=O. The molecule has 0 aromatic heterocycles. The number of likely N-dealkylation sites (tertiary alicyclic amines) is 2. The van der Waals surface area contributed by atoms with Gasteiger partial charge in [0.25, 0.3) is 0 Å². The first-order chi connectivity index (χ1) is 11.8. The lowest BCUT2D eigenvalue weighted by molar-refractivity contribution is -0.141. The third kappa shape index (κ3) is 4.09. The van der Waals surface area contributed by atoms with Crippen molar-refractivity contribution in [2.24, 2.45) is 11.7 Å². The maximum absolute atomic E-state index is 12.9. The molecule has 2 aliphatic rings. The van der Waals surface area contributed by atoms with E-state index in [0.29, 0.717) is 32.4 Å². The van der Waals surface area contributed by atoms with E-state index in [1.807, 2.05) is 6.92 Å². The first-order valence-electron chi connectivity index (χ1n) is 8.49. The van der Waals surface area contributed by atoms with Gasteiger partial charge >= 0.3 is 6.03 Å². The minimum Gasteiger partial charge on any atom is -0.379 e. The lowest BCUT2D eigenvalue weighted by Gasteiger charge is -2.31. The molecule has 25 heavy (non-hydrogen) atoms. The van der Waals surface area contributed by atoms with Gasteiger partial charge in [0.15, 0.2) is 0 Å². The molecular weight excluding hydrogens is 328 g/mol. The highest BCUT2D eigenvalue weighted by Crippen LogP contribution is 2.20. The van der Waals surface area contributed by atoms with Gasteiger partial charge in [0.1, 0.15) is 12.1 Å². The Morgan fingerprint density at radius 1 is 1.36 bits per heavy atom. The second-order valence-corrected chi connectivity index (χ2v) is 6.77. The van der Waals surface area contributed by atoms with Gasteiger partial charge in [-0.05, 0) is 25.7 Å². The van der Waals surface area contributed by atoms with Crippen LogP contribution in [0, 0.1) is 5.92 Å². The van der Waals surface area contributed by atoms with Crippen molar-refractivity contribution < 1.29 is 23.9 Å². The maximum Gasteiger partial charge on any atom is 0.324 e. The molecule has 9 heteroatoms. The Labute approximate surface area is 146 Å². The Balaban J connectivity index is 2.13. The summed E-state index contributed by atoms with van der Waals surface area (Å²) >= 11 is 0. The fourth-order valence-electron chi connectivity index (χ4n) is 3.31. The van der Waals surface area contributed by atoms with Gasteiger partial charge < -0.3 is 20.7 Å². The smallest absolute Gasteiger partial charge is 0.324 e. The van der Waals surface area contributed by atoms with Crippen LogP contribution in [0.25, 0.3) is 0 Å². The van der Waals surface area contributed by atoms with Crippen molar-refractivity contribution in [3.8, 4) is 0 Å². The quantitative estimate of drug-likeness (QED) is 0.685. The Hall–Kier alpha value is -2.16. The number of ether oxygens (including phenoxy) is 1. The molecule has 140 valence electrons. The van der Waals surface area contributed by atoms with Crippen molar-refractivity contribution in [2.45, 2.75) is 51.3 Å². The zero-order chi connectivity index (χ0) is 18.7. The van der Waals surface area contributed by atoms with Gasteiger partial charge in [-0.2, -0.15) is 0 Å². The van der Waals surface area contributed by atoms with Crippen LogP contribution in [0.4, 0.5) is 4.79 Å². The van der Waals surface area contributed by atoms with E-state index in [2.05, 4.69) is 5.32 Å². The number of carbonyl (C=O) groups is 4. The van der Waals surface area contributed by atoms with E-state index in [0.717, 1.165) is 4.90 Å². The lowest BCUT2D eigenvalue weighted by Crippen LogP contribution is -2.59. The standard InChI is InChI=1S/C16H26N4O5/c1-9-7-12(21)20(8-9)16(24)18-13(10(2)25-3)15(23)19-6-4-5-11(19)14(17)22/h9-11,13H,4-8H2,1-3H3,(H2,17,22)(H,18,24)/t9?,10?,11-,13-/m0/s1. The van der Waals surface area contributed by atoms with Crippen molar-refractivity contribution in [1.82, 2.24) is 15.1 Å². The topological polar surface area (TPSA) is 122 Å². The summed E-state index contributed by atoms with van der Waals surface area (Å²) in [5.41, 5.74) is 5.36. The van der Waals surface area contributed by atoms with Crippen LogP contribution in [-0.2, 0) is 19.1 Å². The summed E-state index contributed by atoms with van der Waals surface area (Å²) in [4.78, 5) is 51.3. The Morgan fingerprint density at radius 2 is 2.04 bits per heavy atom. The van der Waals surface area contributed by atoms with Crippen LogP contribution in [0.2, 0.25) is 0 Å². The zero-order valence-electron chi connectivity index (χ0n) is 14.9. The predicted molar refractivity (Wildman–Crippen MR) is 88.2 cm³/mol. The zero-order valence-corrected chi connectivity index (χ0v) is 14.9. The van der Waals surface area contributed by atoms with Gasteiger partial charge in [-0.25, -0.2) is 4.79 Å². The van der Waals surface area contributed by atoms with Crippen molar-refractivity contribution in [1.29, 1.82) is 0 Å². The summed E-state index contributed by atoms with van der Waals surface area (Å²) in [6.07, 6.45) is 0.858. The van der Waals surface area contributed by atoms with E-state index in [1.165, 1.54) is 12.0 Å². The number of hydrogen-bond acceptors (Lipinski definition) is 5. The molecule has 0 aromatic rings. The minimum atomic E-state index is -0.999. The number of amides is 5. The average Bonchev–Trinajstić information content (AvgIpc) is 3.17. The monoisotopic (exact) mass is 354 g/mol. The fraction of sp³-hybridized carbons (Fsp3) is 0.750. The molecule has 0 spiro atoms. The highest BCUT2D eigenvalue weighted by molar-refractivity contribution is 5.98. The van der Waals surface area contributed by atoms with E-state index in [4.69, 9.17) is 10.5 Å². The van der Waals surface area contributed by atoms with Crippen LogP contribution in [-0.4, -0.2) is 71.9 Å². The van der Waals surface area contributed by atoms with Gasteiger partial charge in [0, 0.05) is 26.6 Å². The molecular formula is C16H26N4O5. The molecule has 0 aliphatic carbocycles. The molecule has 2 unspecified atom stereocenters. The number of carbonyl (C=O) groups excluding carboxylic acids is 4. The van der Waals surface area contributed by atoms with Crippen LogP contribution < -0.4 is 11.1 Å². The van der Waals surface area contributed by atoms with E-state index in [1.54, 1.807) is 6.92 Å². The van der Waals surface area contributed by atoms with E-state index < -0.39 is 36.0 Å². The summed E-state index contributed by atoms with van der Waals surface area (Å²) < 4.78 is 5.22. The largest absolute Gasteiger partial charge is 0.379 e. The van der Waals surface area contributed by atoms with Crippen LogP contribution in [0.5, 0.6) is 0 Å². The third-order valence-electron chi connectivity index (χ3n) is 4.81. The molecule has 0 saturated carbocycles. The van der Waals surface area contributed by atoms with Crippen molar-refractivity contribution in [3.63, 3.8) is 0 Å². The summed E-state index contributed by atoms with van der Waals surface area (Å²) in [6.45, 7) is 4.25. The Kier molecular flexibility index (Phi) is 5.99. The van der Waals surface area contributed by atoms with Gasteiger partial charge in [0.05, 0.1) is 6.10 Å². The van der Waals surface area contributed by atoms with Crippen LogP contribution >= 0.6 is 0 Å². The number of urea groups is 1. The van der Waals surface area contributed by atoms with Gasteiger partial charge in [0.2, 0.25) is 17.7 Å². The predicted octanol–water partition coefficient (Wildman–Crippen LogP) is -0.556. The molecule has 9 nitrogen and oxygen atoms in total. The normalized spacial score (nSPS) is 25.8. The molecule has 0 bridgehead atoms. The Morgan fingerprint density at radius 3 is 2.56 bits per heavy atom. The van der Waals surface area contributed by atoms with Gasteiger partial charge in [-0.1, -0.05) is 6.92 Å². The molecule has 2 aliphatic heterocycles. The van der Waals surface area contributed by atoms with Crippen LogP contribution in [0.15, 0.2) is 0 Å². The van der Waals surface area contributed by atoms with E-state index in [9.17, 15) is 19.2 Å². The first-order valence-corrected chi connectivity index (χ1v) is 8.49. The van der Waals surface area contributed by atoms with E-state index >= 15 is 0 Å². The lowest BCUT2D eigenvalue weighted by atomic mass is 10.1. The number of imide groups is 1. The van der Waals surface area contributed by atoms with Crippen molar-refractivity contribution >= 4 is 23.8 Å². The molecule has 2 heterocycles. The van der Waals surface area contributed by atoms with Gasteiger partial charge in [-0.15, -0.1) is 0 Å². The molecule has 3 N–H and O–H groups in total. The summed E-state index contributed by atoms with van der Waals surface area (Å²) in [6, 6.07) is -2.29. The average molecular weight is 354 g/mol. The fourth-order valence-corrected chi connectivity index (χ4v) is 3.31. The summed E-state index contributed by atoms with van der Waals surface area (Å²) in [5.74, 6) is -1.17. The molecule has 2 rings (SSSR count). The van der Waals surface area contributed by atoms with Crippen molar-refractivity contribution in [2.75, 3.05) is 20.2 Å². The molecule has 0 radical (unpaired) electrons. The second-order valence-electron chi connectivity index (χ2n) is 6.77. The first kappa shape index (κ1) is 19.2. The summed E-state index contributed by atoms with van der Waals surface area (Å²) in [5, 5.41) is 2.59. The second kappa shape index (κ2) is 7.81. The number of nitrogens with zero attached hydrogens (tertiary/aromatic N) is 2. The number of nitrogens with one attached hydrogen (secondary N) is 1. The van der Waals surface area contributed by atoms with E-state index in [-0.39, 0.29) is 11.8 Å². The maximum atomic E-state index is 12.9. The number of nitrogens with two attached hydrogens (primary N) is 1. The van der Waals surface area contributed by atoms with Crippen LogP contribution in [0.3, 0.4) is 0 Å². The van der Waals surface area contributed by atoms with Crippen LogP contribution in [0.1, 0.15) is 33.1 Å². The third-order valence-corrected chi connectivity index (χ3v) is 4.81. The molecule has 5 amide bonds. The van der Waals surface area contributed by atoms with Gasteiger partial charge in [-0.3, -0.25) is 19.3 Å². The molecule has 0 aromatic carbocycles. The highest BCUT2D eigenvalue weighted by atomic mass is 16.5. The highest BCUT2D eigenvalue weighted by Gasteiger charge is 2.40. The number of rotatable bonds is 5. The minimum absolute atomic E-state index is 0.0880. The molecule has 4 atom stereocenters. The summed E-state index contributed by atoms with van der Waals surface area (Å²) in [7, 11) is 1.43. The number of hydrogen-bond donors (Lipinski definition) is 2. The Bertz CT molecular complexity index is 567. The number of primary amides is 1. The molecule has 2 saturated heterocycles. The molecule has 2 fully saturated rings. The number of methoxy groups -OCH3 is 1.